The Kier molecular flexibility index (Phi) is 6.14. The van der Waals surface area contributed by atoms with Gasteiger partial charge in [0.2, 0.25) is 0 Å². The molecule has 1 atom stereocenters. The Morgan fingerprint density at radius 2 is 1.29 bits per heavy atom. The Morgan fingerprint density at radius 1 is 0.789 bits per heavy atom. The summed E-state index contributed by atoms with van der Waals surface area (Å²) in [6.07, 6.45) is 0. The van der Waals surface area contributed by atoms with E-state index in [1.165, 1.54) is 6.92 Å². The van der Waals surface area contributed by atoms with Crippen LogP contribution in [0.5, 0.6) is 17.2 Å². The molecule has 0 fully saturated rings. The highest BCUT2D eigenvalue weighted by Gasteiger charge is 2.48. The third-order valence-electron chi connectivity index (χ3n) is 7.01. The van der Waals surface area contributed by atoms with Crippen LogP contribution in [0, 0.1) is 0 Å². The summed E-state index contributed by atoms with van der Waals surface area (Å²) in [6, 6.07) is 31.9. The number of rotatable bonds is 5. The molecule has 188 valence electrons. The molecule has 4 nitrogen and oxygen atoms in total. The van der Waals surface area contributed by atoms with Gasteiger partial charge in [0.15, 0.2) is 22.9 Å². The van der Waals surface area contributed by atoms with Gasteiger partial charge in [0.1, 0.15) is 5.75 Å². The van der Waals surface area contributed by atoms with Crippen molar-refractivity contribution in [1.29, 1.82) is 0 Å². The average Bonchev–Trinajstić information content (AvgIpc) is 3.07. The number of methoxy groups -OCH3 is 1. The molecule has 5 aromatic carbocycles. The molecule has 1 aliphatic heterocycles. The minimum absolute atomic E-state index is 0.163. The van der Waals surface area contributed by atoms with Crippen molar-refractivity contribution >= 4 is 46.5 Å². The molecule has 0 saturated carbocycles. The summed E-state index contributed by atoms with van der Waals surface area (Å²) in [5, 5.41) is 4.26. The molecule has 6 rings (SSSR count). The Bertz CT molecular complexity index is 1640. The van der Waals surface area contributed by atoms with E-state index in [9.17, 15) is 4.79 Å². The lowest BCUT2D eigenvalue weighted by atomic mass is 9.92. The van der Waals surface area contributed by atoms with E-state index in [1.807, 2.05) is 72.8 Å². The van der Waals surface area contributed by atoms with Crippen LogP contribution in [-0.2, 0) is 17.0 Å². The third kappa shape index (κ3) is 4.03. The first-order valence-electron chi connectivity index (χ1n) is 12.3. The van der Waals surface area contributed by atoms with Gasteiger partial charge in [-0.3, -0.25) is 4.79 Å². The van der Waals surface area contributed by atoms with E-state index in [4.69, 9.17) is 26.0 Å². The summed E-state index contributed by atoms with van der Waals surface area (Å²) in [5.74, 6) is 1.81. The number of hydrogen-bond acceptors (Lipinski definition) is 5. The molecule has 0 amide bonds. The predicted octanol–water partition coefficient (Wildman–Crippen LogP) is 8.64. The number of fused-ring (bicyclic) bond motifs is 7. The number of allylic oxidation sites excluding steroid dienone is 1. The topological polar surface area (TPSA) is 44.8 Å². The van der Waals surface area contributed by atoms with Crippen molar-refractivity contribution in [2.75, 3.05) is 7.11 Å². The molecule has 5 aromatic rings. The number of hydrogen-bond donors (Lipinski definition) is 0. The van der Waals surface area contributed by atoms with Crippen molar-refractivity contribution in [3.8, 4) is 28.4 Å². The number of ketones is 1. The normalized spacial score (nSPS) is 14.4. The van der Waals surface area contributed by atoms with Crippen molar-refractivity contribution < 1.29 is 18.6 Å². The van der Waals surface area contributed by atoms with Crippen LogP contribution in [0.2, 0.25) is 0 Å². The van der Waals surface area contributed by atoms with Crippen molar-refractivity contribution in [3.63, 3.8) is 0 Å². The van der Waals surface area contributed by atoms with Crippen LogP contribution in [0.15, 0.2) is 109 Å². The van der Waals surface area contributed by atoms with Gasteiger partial charge in [0.25, 0.3) is 6.92 Å². The number of Topliss-reactive ketones (excluding diaryl/α,β-unsaturated/α-hetero) is 1. The fourth-order valence-corrected chi connectivity index (χ4v) is 8.55. The molecule has 0 saturated heterocycles. The highest BCUT2D eigenvalue weighted by molar-refractivity contribution is 8.38. The van der Waals surface area contributed by atoms with Crippen molar-refractivity contribution in [3.05, 3.63) is 115 Å². The summed E-state index contributed by atoms with van der Waals surface area (Å²) in [5.41, 5.74) is 2.36. The standard InChI is InChI=1S/C32H25O4PS/c1-20(21(2)33)32(24-12-16-25(34-3)17-13-24)37(38)35-28-18-14-22-8-4-6-10-26(22)30(28)31-27-11-7-5-9-23(27)15-19-29(31)36-37/h4-19,32H,1H2,2-3H3/t32-/m1/s1. The molecule has 1 aliphatic rings. The fraction of sp³-hybridized carbons (Fsp3) is 0.0938. The van der Waals surface area contributed by atoms with E-state index < -0.39 is 12.6 Å². The molecule has 0 unspecified atom stereocenters. The maximum absolute atomic E-state index is 12.7. The zero-order chi connectivity index (χ0) is 26.4. The van der Waals surface area contributed by atoms with Gasteiger partial charge >= 0.3 is 0 Å². The summed E-state index contributed by atoms with van der Waals surface area (Å²) in [6.45, 7) is 2.39. The number of carbonyl (C=O) groups excluding carboxylic acids is 1. The van der Waals surface area contributed by atoms with Gasteiger partial charge in [-0.1, -0.05) is 79.4 Å². The number of ether oxygens (including phenoxy) is 1. The van der Waals surface area contributed by atoms with Crippen LogP contribution < -0.4 is 13.8 Å². The highest BCUT2D eigenvalue weighted by Crippen LogP contribution is 2.73. The Morgan fingerprint density at radius 3 is 1.76 bits per heavy atom. The van der Waals surface area contributed by atoms with Gasteiger partial charge < -0.3 is 26.0 Å². The fourth-order valence-electron chi connectivity index (χ4n) is 5.12. The molecular formula is C32H25O4PS. The Hall–Kier alpha value is -3.79. The summed E-state index contributed by atoms with van der Waals surface area (Å²) < 4.78 is 18.9. The Balaban J connectivity index is 1.65. The zero-order valence-corrected chi connectivity index (χ0v) is 22.7. The number of carbonyl (C=O) groups is 1. The minimum Gasteiger partial charge on any atom is -0.497 e. The quantitative estimate of drug-likeness (QED) is 0.128. The van der Waals surface area contributed by atoms with E-state index >= 15 is 0 Å². The molecule has 0 N–H and O–H groups in total. The van der Waals surface area contributed by atoms with Gasteiger partial charge in [-0.05, 0) is 52.7 Å². The molecule has 0 spiro atoms. The van der Waals surface area contributed by atoms with Crippen LogP contribution in [-0.4, -0.2) is 12.9 Å². The second-order valence-electron chi connectivity index (χ2n) is 9.30. The van der Waals surface area contributed by atoms with E-state index in [0.717, 1.165) is 38.2 Å². The second kappa shape index (κ2) is 9.50. The molecule has 1 heterocycles. The van der Waals surface area contributed by atoms with Gasteiger partial charge in [-0.2, -0.15) is 0 Å². The first-order chi connectivity index (χ1) is 18.4. The molecule has 38 heavy (non-hydrogen) atoms. The van der Waals surface area contributed by atoms with Crippen molar-refractivity contribution in [2.24, 2.45) is 0 Å². The van der Waals surface area contributed by atoms with E-state index in [-0.39, 0.29) is 5.78 Å². The summed E-state index contributed by atoms with van der Waals surface area (Å²) in [4.78, 5) is 12.7. The average molecular weight is 537 g/mol. The van der Waals surface area contributed by atoms with E-state index in [1.54, 1.807) is 7.11 Å². The molecule has 0 bridgehead atoms. The molecular weight excluding hydrogens is 511 g/mol. The highest BCUT2D eigenvalue weighted by atomic mass is 32.7. The third-order valence-corrected chi connectivity index (χ3v) is 10.2. The lowest BCUT2D eigenvalue weighted by Crippen LogP contribution is -2.19. The first kappa shape index (κ1) is 24.5. The predicted molar refractivity (Wildman–Crippen MR) is 158 cm³/mol. The molecule has 6 heteroatoms. The van der Waals surface area contributed by atoms with Crippen molar-refractivity contribution in [2.45, 2.75) is 12.6 Å². The van der Waals surface area contributed by atoms with E-state index in [2.05, 4.69) is 30.8 Å². The molecule has 0 radical (unpaired) electrons. The second-order valence-corrected chi connectivity index (χ2v) is 12.8. The van der Waals surface area contributed by atoms with Gasteiger partial charge in [-0.25, -0.2) is 0 Å². The maximum Gasteiger partial charge on any atom is 0.263 e. The lowest BCUT2D eigenvalue weighted by Gasteiger charge is -2.35. The van der Waals surface area contributed by atoms with Crippen LogP contribution in [0.1, 0.15) is 18.1 Å². The monoisotopic (exact) mass is 536 g/mol. The van der Waals surface area contributed by atoms with Crippen LogP contribution in [0.4, 0.5) is 0 Å². The van der Waals surface area contributed by atoms with Crippen LogP contribution in [0.25, 0.3) is 32.7 Å². The smallest absolute Gasteiger partial charge is 0.263 e. The minimum atomic E-state index is -3.27. The van der Waals surface area contributed by atoms with Gasteiger partial charge in [-0.15, -0.1) is 0 Å². The van der Waals surface area contributed by atoms with Crippen LogP contribution in [0.3, 0.4) is 0 Å². The molecule has 0 aliphatic carbocycles. The van der Waals surface area contributed by atoms with Gasteiger partial charge in [0, 0.05) is 22.3 Å². The van der Waals surface area contributed by atoms with Gasteiger partial charge in [0.05, 0.1) is 7.11 Å². The SMILES string of the molecule is C=C(C(C)=O)[C@H](c1ccc(OC)cc1)[P+]1([S-])Oc2ccc3ccccc3c2-c2c(ccc3ccccc23)O1. The zero-order valence-electron chi connectivity index (χ0n) is 21.0. The summed E-state index contributed by atoms with van der Waals surface area (Å²) >= 11 is 6.32. The Labute approximate surface area is 227 Å². The summed E-state index contributed by atoms with van der Waals surface area (Å²) in [7, 11) is 1.61. The lowest BCUT2D eigenvalue weighted by molar-refractivity contribution is -0.113. The first-order valence-corrected chi connectivity index (χ1v) is 15.0. The number of benzene rings is 5. The maximum atomic E-state index is 12.7. The van der Waals surface area contributed by atoms with Crippen molar-refractivity contribution in [1.82, 2.24) is 0 Å². The van der Waals surface area contributed by atoms with Crippen LogP contribution >= 0.6 is 6.92 Å². The van der Waals surface area contributed by atoms with E-state index in [0.29, 0.717) is 22.8 Å². The largest absolute Gasteiger partial charge is 0.497 e. The molecule has 0 aromatic heterocycles.